The number of nitrogens with zero attached hydrogens (tertiary/aromatic N) is 1. The molecule has 3 aromatic carbocycles. The van der Waals surface area contributed by atoms with E-state index >= 15 is 4.39 Å². The first-order chi connectivity index (χ1) is 20.5. The minimum Gasteiger partial charge on any atom is -0.481 e. The Kier molecular flexibility index (Phi) is 8.89. The van der Waals surface area contributed by atoms with Crippen molar-refractivity contribution in [2.45, 2.75) is 63.0 Å². The van der Waals surface area contributed by atoms with Crippen molar-refractivity contribution < 1.29 is 33.7 Å². The molecule has 1 unspecified atom stereocenters. The molecule has 3 aromatic rings. The molecule has 2 aliphatic rings. The van der Waals surface area contributed by atoms with Crippen LogP contribution >= 0.6 is 23.2 Å². The van der Waals surface area contributed by atoms with Crippen LogP contribution in [0.4, 0.5) is 4.39 Å². The zero-order chi connectivity index (χ0) is 31.1. The monoisotopic (exact) mass is 629 g/mol. The van der Waals surface area contributed by atoms with E-state index in [9.17, 15) is 19.8 Å². The molecule has 1 fully saturated rings. The summed E-state index contributed by atoms with van der Waals surface area (Å²) in [4.78, 5) is 28.4. The summed E-state index contributed by atoms with van der Waals surface area (Å²) >= 11 is 12.4. The average Bonchev–Trinajstić information content (AvgIpc) is 3.27. The molecular formula is C33H34Cl2FNO6. The van der Waals surface area contributed by atoms with Crippen LogP contribution in [0.25, 0.3) is 0 Å². The second-order valence-electron chi connectivity index (χ2n) is 11.2. The smallest absolute Gasteiger partial charge is 0.308 e. The lowest BCUT2D eigenvalue weighted by Crippen LogP contribution is -2.51. The number of carbonyl (C=O) groups is 2. The van der Waals surface area contributed by atoms with E-state index in [0.717, 1.165) is 12.8 Å². The third-order valence-corrected chi connectivity index (χ3v) is 9.36. The van der Waals surface area contributed by atoms with E-state index in [0.29, 0.717) is 34.2 Å². The Balaban J connectivity index is 1.79. The molecule has 0 aromatic heterocycles. The van der Waals surface area contributed by atoms with Crippen molar-refractivity contribution in [3.05, 3.63) is 104 Å². The summed E-state index contributed by atoms with van der Waals surface area (Å²) in [5.41, 5.74) is -2.49. The number of carboxylic acids is 1. The Hall–Kier alpha value is -3.01. The molecule has 2 heterocycles. The Morgan fingerprint density at radius 2 is 1.77 bits per heavy atom. The summed E-state index contributed by atoms with van der Waals surface area (Å²) < 4.78 is 28.8. The van der Waals surface area contributed by atoms with Crippen LogP contribution in [0, 0.1) is 11.7 Å². The molecule has 1 amide bonds. The lowest BCUT2D eigenvalue weighted by molar-refractivity contribution is -0.149. The molecule has 228 valence electrons. The maximum Gasteiger partial charge on any atom is 0.308 e. The zero-order valence-corrected chi connectivity index (χ0v) is 25.7. The number of carbonyl (C=O) groups excluding carboxylic acids is 1. The zero-order valence-electron chi connectivity index (χ0n) is 24.1. The Labute approximate surface area is 260 Å². The van der Waals surface area contributed by atoms with E-state index < -0.39 is 47.1 Å². The molecule has 0 bridgehead atoms. The first-order valence-corrected chi connectivity index (χ1v) is 15.1. The van der Waals surface area contributed by atoms with Gasteiger partial charge in [0.25, 0.3) is 5.91 Å². The van der Waals surface area contributed by atoms with Gasteiger partial charge in [-0.3, -0.25) is 14.5 Å². The lowest BCUT2D eigenvalue weighted by Gasteiger charge is -2.44. The fourth-order valence-corrected chi connectivity index (χ4v) is 6.81. The number of methoxy groups -OCH3 is 1. The predicted octanol–water partition coefficient (Wildman–Crippen LogP) is 7.06. The summed E-state index contributed by atoms with van der Waals surface area (Å²) in [5, 5.41) is 22.9. The predicted molar refractivity (Wildman–Crippen MR) is 161 cm³/mol. The first kappa shape index (κ1) is 31.4. The third-order valence-electron chi connectivity index (χ3n) is 8.85. The molecule has 1 saturated heterocycles. The standard InChI is InChI=1S/C33H34Cl2FNO6/c1-4-32(41,27-7-5-6-16-43-27)22-17-25-28(26(36)18-22)33(42-3,21-10-14-24(35)15-11-21)37(30(25)38)29(19(2)31(39)40)20-8-12-23(34)13-9-20/h8-15,17-19,27,29,41H,4-7,16H2,1-3H3,(H,39,40)/t19-,27?,29-,32-,33+/m0/s1. The molecule has 0 spiro atoms. The summed E-state index contributed by atoms with van der Waals surface area (Å²) in [7, 11) is 1.35. The number of ether oxygens (including phenoxy) is 2. The molecule has 10 heteroatoms. The van der Waals surface area contributed by atoms with Crippen LogP contribution in [0.2, 0.25) is 10.0 Å². The molecule has 0 saturated carbocycles. The van der Waals surface area contributed by atoms with E-state index in [1.165, 1.54) is 31.1 Å². The van der Waals surface area contributed by atoms with Crippen molar-refractivity contribution in [3.8, 4) is 0 Å². The second kappa shape index (κ2) is 12.2. The van der Waals surface area contributed by atoms with Gasteiger partial charge in [-0.25, -0.2) is 4.39 Å². The molecule has 0 radical (unpaired) electrons. The first-order valence-electron chi connectivity index (χ1n) is 14.3. The fourth-order valence-electron chi connectivity index (χ4n) is 6.55. The average molecular weight is 631 g/mol. The molecule has 43 heavy (non-hydrogen) atoms. The van der Waals surface area contributed by atoms with Crippen LogP contribution in [0.5, 0.6) is 0 Å². The molecule has 0 aliphatic carbocycles. The molecule has 7 nitrogen and oxygen atoms in total. The maximum absolute atomic E-state index is 16.7. The van der Waals surface area contributed by atoms with Gasteiger partial charge in [0.2, 0.25) is 0 Å². The van der Waals surface area contributed by atoms with Gasteiger partial charge in [0.15, 0.2) is 5.72 Å². The highest BCUT2D eigenvalue weighted by Gasteiger charge is 2.58. The minimum atomic E-state index is -1.88. The SMILES string of the molecule is CC[C@](O)(c1cc(F)c2c(c1)C(=O)N([C@H](c1ccc(Cl)cc1)[C@H](C)C(=O)O)[C@@]2(OC)c1ccc(Cl)cc1)C1CCCCO1. The second-order valence-corrected chi connectivity index (χ2v) is 12.0. The summed E-state index contributed by atoms with van der Waals surface area (Å²) in [6.07, 6.45) is 1.96. The van der Waals surface area contributed by atoms with E-state index in [1.54, 1.807) is 55.5 Å². The highest BCUT2D eigenvalue weighted by Crippen LogP contribution is 2.53. The van der Waals surface area contributed by atoms with E-state index in [2.05, 4.69) is 0 Å². The summed E-state index contributed by atoms with van der Waals surface area (Å²) in [6.45, 7) is 3.75. The van der Waals surface area contributed by atoms with Crippen LogP contribution in [-0.2, 0) is 25.6 Å². The summed E-state index contributed by atoms with van der Waals surface area (Å²) in [5.74, 6) is -3.74. The van der Waals surface area contributed by atoms with Gasteiger partial charge in [0.05, 0.1) is 29.2 Å². The highest BCUT2D eigenvalue weighted by atomic mass is 35.5. The minimum absolute atomic E-state index is 0.0361. The number of aliphatic carboxylic acids is 1. The van der Waals surface area contributed by atoms with Crippen LogP contribution < -0.4 is 0 Å². The van der Waals surface area contributed by atoms with E-state index in [1.807, 2.05) is 0 Å². The van der Waals surface area contributed by atoms with Crippen LogP contribution in [0.3, 0.4) is 0 Å². The number of fused-ring (bicyclic) bond motifs is 1. The van der Waals surface area contributed by atoms with Gasteiger partial charge in [0, 0.05) is 29.3 Å². The van der Waals surface area contributed by atoms with Gasteiger partial charge in [0.1, 0.15) is 11.4 Å². The summed E-state index contributed by atoms with van der Waals surface area (Å²) in [6, 6.07) is 14.5. The van der Waals surface area contributed by atoms with Crippen LogP contribution in [-0.4, -0.2) is 46.8 Å². The Bertz CT molecular complexity index is 1510. The number of hydrogen-bond acceptors (Lipinski definition) is 5. The van der Waals surface area contributed by atoms with Gasteiger partial charge < -0.3 is 19.7 Å². The van der Waals surface area contributed by atoms with E-state index in [-0.39, 0.29) is 23.1 Å². The van der Waals surface area contributed by atoms with Crippen molar-refractivity contribution in [2.24, 2.45) is 5.92 Å². The molecule has 2 aliphatic heterocycles. The van der Waals surface area contributed by atoms with Crippen molar-refractivity contribution in [3.63, 3.8) is 0 Å². The quantitative estimate of drug-likeness (QED) is 0.263. The number of halogens is 3. The number of aliphatic hydroxyl groups is 1. The van der Waals surface area contributed by atoms with Crippen molar-refractivity contribution >= 4 is 35.1 Å². The Morgan fingerprint density at radius 1 is 1.14 bits per heavy atom. The van der Waals surface area contributed by atoms with Gasteiger partial charge >= 0.3 is 5.97 Å². The largest absolute Gasteiger partial charge is 0.481 e. The molecule has 5 rings (SSSR count). The Morgan fingerprint density at radius 3 is 2.30 bits per heavy atom. The van der Waals surface area contributed by atoms with E-state index in [4.69, 9.17) is 32.7 Å². The number of hydrogen-bond donors (Lipinski definition) is 2. The fraction of sp³-hybridized carbons (Fsp3) is 0.394. The maximum atomic E-state index is 16.7. The number of carboxylic acid groups (broad SMARTS) is 1. The van der Waals surface area contributed by atoms with Crippen LogP contribution in [0.1, 0.15) is 78.2 Å². The number of rotatable bonds is 9. The van der Waals surface area contributed by atoms with Gasteiger partial charge in [-0.05, 0) is 80.1 Å². The third kappa shape index (κ3) is 5.23. The molecule has 2 N–H and O–H groups in total. The van der Waals surface area contributed by atoms with Gasteiger partial charge in [-0.2, -0.15) is 0 Å². The lowest BCUT2D eigenvalue weighted by atomic mass is 9.80. The normalized spacial score (nSPS) is 23.0. The van der Waals surface area contributed by atoms with Gasteiger partial charge in [-0.1, -0.05) is 54.4 Å². The van der Waals surface area contributed by atoms with Crippen molar-refractivity contribution in [1.82, 2.24) is 4.90 Å². The number of amides is 1. The number of benzene rings is 3. The van der Waals surface area contributed by atoms with Gasteiger partial charge in [-0.15, -0.1) is 0 Å². The van der Waals surface area contributed by atoms with Crippen molar-refractivity contribution in [1.29, 1.82) is 0 Å². The van der Waals surface area contributed by atoms with Crippen molar-refractivity contribution in [2.75, 3.05) is 13.7 Å². The molecule has 5 atom stereocenters. The highest BCUT2D eigenvalue weighted by molar-refractivity contribution is 6.30. The van der Waals surface area contributed by atoms with Crippen LogP contribution in [0.15, 0.2) is 60.7 Å². The molecular weight excluding hydrogens is 596 g/mol. The topological polar surface area (TPSA) is 96.3 Å².